The first kappa shape index (κ1) is 15.6. The number of amides is 1. The number of benzene rings is 1. The lowest BCUT2D eigenvalue weighted by molar-refractivity contribution is -0.121. The highest BCUT2D eigenvalue weighted by Crippen LogP contribution is 2.11. The molecule has 3 nitrogen and oxygen atoms in total. The van der Waals surface area contributed by atoms with Crippen LogP contribution in [0.2, 0.25) is 0 Å². The van der Waals surface area contributed by atoms with Crippen molar-refractivity contribution in [1.29, 1.82) is 0 Å². The molecule has 0 aromatic heterocycles. The number of nitrogens with one attached hydrogen (secondary N) is 1. The fourth-order valence-corrected chi connectivity index (χ4v) is 1.81. The van der Waals surface area contributed by atoms with Crippen molar-refractivity contribution in [3.8, 4) is 0 Å². The predicted octanol–water partition coefficient (Wildman–Crippen LogP) is 2.03. The summed E-state index contributed by atoms with van der Waals surface area (Å²) in [4.78, 5) is 11.8. The van der Waals surface area contributed by atoms with Gasteiger partial charge in [-0.15, -0.1) is 0 Å². The molecule has 1 aromatic rings. The lowest BCUT2D eigenvalue weighted by atomic mass is 10.0. The molecule has 1 atom stereocenters. The van der Waals surface area contributed by atoms with Crippen molar-refractivity contribution in [2.24, 2.45) is 5.92 Å². The van der Waals surface area contributed by atoms with Crippen LogP contribution in [0.5, 0.6) is 0 Å². The van der Waals surface area contributed by atoms with Gasteiger partial charge in [0.1, 0.15) is 11.6 Å². The summed E-state index contributed by atoms with van der Waals surface area (Å²) in [7, 11) is 0. The van der Waals surface area contributed by atoms with Gasteiger partial charge in [-0.1, -0.05) is 19.9 Å². The first-order valence-electron chi connectivity index (χ1n) is 6.28. The van der Waals surface area contributed by atoms with E-state index in [1.54, 1.807) is 0 Å². The molecule has 106 valence electrons. The maximum atomic E-state index is 13.4. The molecule has 0 fully saturated rings. The van der Waals surface area contributed by atoms with E-state index in [-0.39, 0.29) is 36.5 Å². The molecule has 1 unspecified atom stereocenters. The zero-order valence-corrected chi connectivity index (χ0v) is 11.1. The van der Waals surface area contributed by atoms with Crippen molar-refractivity contribution in [3.05, 3.63) is 35.4 Å². The molecule has 0 spiro atoms. The lowest BCUT2D eigenvalue weighted by Gasteiger charge is -2.21. The van der Waals surface area contributed by atoms with Crippen LogP contribution in [0.1, 0.15) is 25.8 Å². The van der Waals surface area contributed by atoms with Gasteiger partial charge in [0.25, 0.3) is 0 Å². The van der Waals surface area contributed by atoms with Crippen LogP contribution in [-0.2, 0) is 11.2 Å². The van der Waals surface area contributed by atoms with E-state index in [0.717, 1.165) is 12.1 Å². The third-order valence-electron chi connectivity index (χ3n) is 2.96. The van der Waals surface area contributed by atoms with Gasteiger partial charge >= 0.3 is 0 Å². The van der Waals surface area contributed by atoms with Gasteiger partial charge < -0.3 is 10.4 Å². The van der Waals surface area contributed by atoms with Gasteiger partial charge in [-0.05, 0) is 24.0 Å². The van der Waals surface area contributed by atoms with E-state index >= 15 is 0 Å². The summed E-state index contributed by atoms with van der Waals surface area (Å²) in [5.74, 6) is -1.55. The van der Waals surface area contributed by atoms with Crippen molar-refractivity contribution in [1.82, 2.24) is 5.32 Å². The van der Waals surface area contributed by atoms with E-state index in [4.69, 9.17) is 5.11 Å². The Morgan fingerprint density at radius 3 is 2.58 bits per heavy atom. The lowest BCUT2D eigenvalue weighted by Crippen LogP contribution is -2.40. The Hall–Kier alpha value is -1.49. The summed E-state index contributed by atoms with van der Waals surface area (Å²) in [6.45, 7) is 3.84. The predicted molar refractivity (Wildman–Crippen MR) is 68.5 cm³/mol. The molecule has 0 radical (unpaired) electrons. The summed E-state index contributed by atoms with van der Waals surface area (Å²) < 4.78 is 26.1. The number of aliphatic hydroxyl groups excluding tert-OH is 1. The quantitative estimate of drug-likeness (QED) is 0.831. The number of aliphatic hydroxyl groups is 1. The number of halogens is 2. The zero-order chi connectivity index (χ0) is 14.4. The second-order valence-corrected chi connectivity index (χ2v) is 4.84. The van der Waals surface area contributed by atoms with Crippen LogP contribution in [-0.4, -0.2) is 23.7 Å². The third kappa shape index (κ3) is 4.95. The summed E-state index contributed by atoms with van der Waals surface area (Å²) in [5.41, 5.74) is 0.158. The van der Waals surface area contributed by atoms with Crippen molar-refractivity contribution in [3.63, 3.8) is 0 Å². The molecule has 19 heavy (non-hydrogen) atoms. The summed E-state index contributed by atoms with van der Waals surface area (Å²) in [6.07, 6.45) is 0.316. The molecular formula is C14H19F2NO2. The molecule has 0 aliphatic carbocycles. The smallest absolute Gasteiger partial charge is 0.224 e. The van der Waals surface area contributed by atoms with Crippen LogP contribution in [0.3, 0.4) is 0 Å². The van der Waals surface area contributed by atoms with Gasteiger partial charge in [0.2, 0.25) is 5.91 Å². The first-order valence-corrected chi connectivity index (χ1v) is 6.28. The molecule has 1 amide bonds. The molecule has 0 aliphatic heterocycles. The molecule has 2 N–H and O–H groups in total. The van der Waals surface area contributed by atoms with Crippen molar-refractivity contribution >= 4 is 5.91 Å². The maximum Gasteiger partial charge on any atom is 0.224 e. The maximum absolute atomic E-state index is 13.4. The van der Waals surface area contributed by atoms with Crippen LogP contribution in [0, 0.1) is 17.6 Å². The van der Waals surface area contributed by atoms with Crippen LogP contribution >= 0.6 is 0 Å². The van der Waals surface area contributed by atoms with Crippen LogP contribution in [0.25, 0.3) is 0 Å². The topological polar surface area (TPSA) is 49.3 Å². The number of rotatable bonds is 6. The van der Waals surface area contributed by atoms with Gasteiger partial charge in [-0.25, -0.2) is 8.78 Å². The highest BCUT2D eigenvalue weighted by molar-refractivity contribution is 5.78. The van der Waals surface area contributed by atoms with Gasteiger partial charge in [-0.2, -0.15) is 0 Å². The number of carbonyl (C=O) groups excluding carboxylic acids is 1. The highest BCUT2D eigenvalue weighted by atomic mass is 19.1. The fraction of sp³-hybridized carbons (Fsp3) is 0.500. The first-order chi connectivity index (χ1) is 8.93. The van der Waals surface area contributed by atoms with E-state index in [0.29, 0.717) is 6.42 Å². The minimum Gasteiger partial charge on any atom is -0.396 e. The number of hydrogen-bond donors (Lipinski definition) is 2. The average molecular weight is 271 g/mol. The number of hydrogen-bond acceptors (Lipinski definition) is 2. The monoisotopic (exact) mass is 271 g/mol. The Bertz CT molecular complexity index is 435. The van der Waals surface area contributed by atoms with E-state index in [2.05, 4.69) is 5.32 Å². The standard InChI is InChI=1S/C14H19F2NO2/c1-9(2)13(5-6-18)17-14(19)7-10-3-4-11(15)8-12(10)16/h3-4,8-9,13,18H,5-7H2,1-2H3,(H,17,19). The van der Waals surface area contributed by atoms with Crippen molar-refractivity contribution in [2.75, 3.05) is 6.61 Å². The molecular weight excluding hydrogens is 252 g/mol. The SMILES string of the molecule is CC(C)C(CCO)NC(=O)Cc1ccc(F)cc1F. The van der Waals surface area contributed by atoms with Gasteiger partial charge in [-0.3, -0.25) is 4.79 Å². The normalized spacial score (nSPS) is 12.5. The Morgan fingerprint density at radius 1 is 1.37 bits per heavy atom. The van der Waals surface area contributed by atoms with Crippen LogP contribution in [0.4, 0.5) is 8.78 Å². The van der Waals surface area contributed by atoms with Gasteiger partial charge in [0.05, 0.1) is 6.42 Å². The van der Waals surface area contributed by atoms with Gasteiger partial charge in [0.15, 0.2) is 0 Å². The molecule has 1 aromatic carbocycles. The highest BCUT2D eigenvalue weighted by Gasteiger charge is 2.16. The van der Waals surface area contributed by atoms with Crippen molar-refractivity contribution in [2.45, 2.75) is 32.7 Å². The second kappa shape index (κ2) is 7.19. The Morgan fingerprint density at radius 2 is 2.05 bits per heavy atom. The fourth-order valence-electron chi connectivity index (χ4n) is 1.81. The summed E-state index contributed by atoms with van der Waals surface area (Å²) >= 11 is 0. The number of carbonyl (C=O) groups is 1. The molecule has 0 aliphatic rings. The average Bonchev–Trinajstić information content (AvgIpc) is 2.32. The summed E-state index contributed by atoms with van der Waals surface area (Å²) in [5, 5.41) is 11.7. The Labute approximate surface area is 111 Å². The molecule has 1 rings (SSSR count). The largest absolute Gasteiger partial charge is 0.396 e. The third-order valence-corrected chi connectivity index (χ3v) is 2.96. The molecule has 0 saturated heterocycles. The van der Waals surface area contributed by atoms with Crippen LogP contribution in [0.15, 0.2) is 18.2 Å². The van der Waals surface area contributed by atoms with Gasteiger partial charge in [0, 0.05) is 18.7 Å². The molecule has 5 heteroatoms. The zero-order valence-electron chi connectivity index (χ0n) is 11.1. The van der Waals surface area contributed by atoms with E-state index in [1.807, 2.05) is 13.8 Å². The van der Waals surface area contributed by atoms with E-state index in [9.17, 15) is 13.6 Å². The minimum atomic E-state index is -0.724. The van der Waals surface area contributed by atoms with E-state index < -0.39 is 11.6 Å². The molecule has 0 bridgehead atoms. The Kier molecular flexibility index (Phi) is 5.89. The van der Waals surface area contributed by atoms with Crippen LogP contribution < -0.4 is 5.32 Å². The minimum absolute atomic E-state index is 0.0198. The van der Waals surface area contributed by atoms with Crippen molar-refractivity contribution < 1.29 is 18.7 Å². The summed E-state index contributed by atoms with van der Waals surface area (Å²) in [6, 6.07) is 3.00. The molecule has 0 heterocycles. The van der Waals surface area contributed by atoms with E-state index in [1.165, 1.54) is 6.07 Å². The second-order valence-electron chi connectivity index (χ2n) is 4.84. The molecule has 0 saturated carbocycles. The Balaban J connectivity index is 2.63.